The van der Waals surface area contributed by atoms with Crippen molar-refractivity contribution in [1.29, 1.82) is 5.26 Å². The number of ketones is 1. The molecule has 2 aliphatic heterocycles. The third kappa shape index (κ3) is 4.06. The number of benzene rings is 2. The Balaban J connectivity index is 1.96. The Morgan fingerprint density at radius 1 is 1.18 bits per heavy atom. The number of hydrogen-bond acceptors (Lipinski definition) is 6. The van der Waals surface area contributed by atoms with Crippen LogP contribution in [-0.2, 0) is 15.3 Å². The van der Waals surface area contributed by atoms with Gasteiger partial charge in [-0.2, -0.15) is 5.26 Å². The van der Waals surface area contributed by atoms with Crippen molar-refractivity contribution in [2.45, 2.75) is 25.0 Å². The zero-order valence-electron chi connectivity index (χ0n) is 18.5. The first-order chi connectivity index (χ1) is 16.0. The van der Waals surface area contributed by atoms with Crippen molar-refractivity contribution in [3.05, 3.63) is 76.9 Å². The van der Waals surface area contributed by atoms with Gasteiger partial charge < -0.3 is 15.4 Å². The standard InChI is InChI=1S/C26H26N4O3/c1-33-26(21(25(28)32)11-8-12-29-26)22-15-19(17-27)20(24(31)18-9-4-2-5-10-18)16-23(22)30-13-6-3-7-14-30/h2,4-5,8-12,15-16,21H,3,6-7,13-14H2,1H3,(H2,28,32). The summed E-state index contributed by atoms with van der Waals surface area (Å²) in [6, 6.07) is 14.4. The number of nitrogens with two attached hydrogens (primary N) is 1. The number of piperidine rings is 1. The number of dihydropyridines is 1. The van der Waals surface area contributed by atoms with Crippen molar-refractivity contribution >= 4 is 23.6 Å². The number of amides is 1. The molecule has 0 saturated carbocycles. The van der Waals surface area contributed by atoms with Gasteiger partial charge in [-0.15, -0.1) is 0 Å². The predicted molar refractivity (Wildman–Crippen MR) is 126 cm³/mol. The topological polar surface area (TPSA) is 109 Å². The first-order valence-corrected chi connectivity index (χ1v) is 11.0. The number of nitrogens with zero attached hydrogens (tertiary/aromatic N) is 3. The summed E-state index contributed by atoms with van der Waals surface area (Å²) in [4.78, 5) is 32.5. The van der Waals surface area contributed by atoms with Gasteiger partial charge in [0.05, 0.1) is 11.6 Å². The Hall–Kier alpha value is -3.76. The van der Waals surface area contributed by atoms with Crippen molar-refractivity contribution in [3.63, 3.8) is 0 Å². The minimum Gasteiger partial charge on any atom is -0.371 e. The molecule has 2 N–H and O–H groups in total. The first-order valence-electron chi connectivity index (χ1n) is 11.0. The average Bonchev–Trinajstić information content (AvgIpc) is 2.88. The molecule has 2 aromatic carbocycles. The summed E-state index contributed by atoms with van der Waals surface area (Å²) in [7, 11) is 1.47. The van der Waals surface area contributed by atoms with Crippen LogP contribution in [0.15, 0.2) is 59.6 Å². The lowest BCUT2D eigenvalue weighted by molar-refractivity contribution is -0.131. The van der Waals surface area contributed by atoms with Crippen LogP contribution in [0.5, 0.6) is 0 Å². The SMILES string of the molecule is COC1(c2cc(C#N)c(C(=O)c3ccccc3)cc2N2CCCCC2)N=CC=CC1C(N)=O. The lowest BCUT2D eigenvalue weighted by atomic mass is 9.82. The van der Waals surface area contributed by atoms with E-state index in [9.17, 15) is 14.9 Å². The number of methoxy groups -OCH3 is 1. The second-order valence-corrected chi connectivity index (χ2v) is 8.21. The van der Waals surface area contributed by atoms with Crippen molar-refractivity contribution in [2.75, 3.05) is 25.1 Å². The van der Waals surface area contributed by atoms with E-state index in [1.807, 2.05) is 6.07 Å². The molecule has 2 heterocycles. The number of rotatable bonds is 6. The molecule has 0 aliphatic carbocycles. The van der Waals surface area contributed by atoms with E-state index in [0.717, 1.165) is 38.0 Å². The van der Waals surface area contributed by atoms with Crippen molar-refractivity contribution in [3.8, 4) is 6.07 Å². The number of primary amides is 1. The molecule has 7 nitrogen and oxygen atoms in total. The quantitative estimate of drug-likeness (QED) is 0.691. The largest absolute Gasteiger partial charge is 0.371 e. The average molecular weight is 443 g/mol. The highest BCUT2D eigenvalue weighted by molar-refractivity contribution is 6.11. The van der Waals surface area contributed by atoms with Crippen LogP contribution in [0.25, 0.3) is 0 Å². The van der Waals surface area contributed by atoms with Crippen LogP contribution >= 0.6 is 0 Å². The highest BCUT2D eigenvalue weighted by atomic mass is 16.5. The van der Waals surface area contributed by atoms with Gasteiger partial charge in [0.15, 0.2) is 5.78 Å². The maximum Gasteiger partial charge on any atom is 0.229 e. The molecule has 2 unspecified atom stereocenters. The number of aliphatic imine (C=N–C) groups is 1. The number of allylic oxidation sites excluding steroid dienone is 1. The summed E-state index contributed by atoms with van der Waals surface area (Å²) in [5, 5.41) is 9.97. The second kappa shape index (κ2) is 9.39. The highest BCUT2D eigenvalue weighted by Crippen LogP contribution is 2.44. The van der Waals surface area contributed by atoms with Crippen molar-refractivity contribution in [2.24, 2.45) is 16.6 Å². The number of ether oxygens (including phenoxy) is 1. The summed E-state index contributed by atoms with van der Waals surface area (Å²) < 4.78 is 5.88. The zero-order valence-corrected chi connectivity index (χ0v) is 18.5. The van der Waals surface area contributed by atoms with Crippen LogP contribution in [0, 0.1) is 17.2 Å². The van der Waals surface area contributed by atoms with E-state index in [-0.39, 0.29) is 11.3 Å². The summed E-state index contributed by atoms with van der Waals surface area (Å²) in [6.07, 6.45) is 8.02. The second-order valence-electron chi connectivity index (χ2n) is 8.21. The molecule has 7 heteroatoms. The molecule has 1 fully saturated rings. The minimum absolute atomic E-state index is 0.198. The van der Waals surface area contributed by atoms with Gasteiger partial charge in [-0.25, -0.2) is 0 Å². The van der Waals surface area contributed by atoms with Crippen LogP contribution in [0.2, 0.25) is 0 Å². The Kier molecular flexibility index (Phi) is 6.38. The number of carbonyl (C=O) groups excluding carboxylic acids is 2. The number of hydrogen-bond donors (Lipinski definition) is 1. The normalized spacial score (nSPS) is 22.1. The van der Waals surface area contributed by atoms with Crippen LogP contribution in [0.3, 0.4) is 0 Å². The van der Waals surface area contributed by atoms with Gasteiger partial charge in [0.2, 0.25) is 11.6 Å². The Labute approximate surface area is 193 Å². The van der Waals surface area contributed by atoms with Gasteiger partial charge >= 0.3 is 0 Å². The molecule has 33 heavy (non-hydrogen) atoms. The number of anilines is 1. The van der Waals surface area contributed by atoms with Gasteiger partial charge in [-0.05, 0) is 37.5 Å². The monoisotopic (exact) mass is 442 g/mol. The molecule has 2 aromatic rings. The molecule has 0 aromatic heterocycles. The lowest BCUT2D eigenvalue weighted by Gasteiger charge is -2.39. The van der Waals surface area contributed by atoms with Crippen molar-refractivity contribution < 1.29 is 14.3 Å². The van der Waals surface area contributed by atoms with E-state index in [0.29, 0.717) is 16.7 Å². The van der Waals surface area contributed by atoms with E-state index in [4.69, 9.17) is 10.5 Å². The van der Waals surface area contributed by atoms with Gasteiger partial charge in [0, 0.05) is 48.8 Å². The Bertz CT molecular complexity index is 1160. The molecule has 0 bridgehead atoms. The molecule has 1 saturated heterocycles. The van der Waals surface area contributed by atoms with E-state index in [1.165, 1.54) is 7.11 Å². The molecule has 2 aliphatic rings. The lowest BCUT2D eigenvalue weighted by Crippen LogP contribution is -2.45. The maximum atomic E-state index is 13.4. The molecule has 2 atom stereocenters. The molecule has 1 amide bonds. The molecular weight excluding hydrogens is 416 g/mol. The molecular formula is C26H26N4O3. The third-order valence-corrected chi connectivity index (χ3v) is 6.31. The Morgan fingerprint density at radius 2 is 1.91 bits per heavy atom. The molecule has 168 valence electrons. The van der Waals surface area contributed by atoms with Gasteiger partial charge in [-0.1, -0.05) is 36.4 Å². The number of nitriles is 1. The van der Waals surface area contributed by atoms with Crippen LogP contribution < -0.4 is 10.6 Å². The maximum absolute atomic E-state index is 13.4. The zero-order chi connectivity index (χ0) is 23.4. The summed E-state index contributed by atoms with van der Waals surface area (Å²) in [6.45, 7) is 1.58. The van der Waals surface area contributed by atoms with Gasteiger partial charge in [0.1, 0.15) is 5.92 Å². The first kappa shape index (κ1) is 22.4. The Morgan fingerprint density at radius 3 is 2.55 bits per heavy atom. The smallest absolute Gasteiger partial charge is 0.229 e. The fourth-order valence-corrected chi connectivity index (χ4v) is 4.64. The van der Waals surface area contributed by atoms with Gasteiger partial charge in [0.25, 0.3) is 0 Å². The van der Waals surface area contributed by atoms with Gasteiger partial charge in [-0.3, -0.25) is 14.6 Å². The summed E-state index contributed by atoms with van der Waals surface area (Å²) in [5.41, 5.74) is 6.60. The third-order valence-electron chi connectivity index (χ3n) is 6.31. The molecule has 0 radical (unpaired) electrons. The van der Waals surface area contributed by atoms with Crippen LogP contribution in [0.4, 0.5) is 5.69 Å². The van der Waals surface area contributed by atoms with E-state index in [1.54, 1.807) is 54.8 Å². The molecule has 0 spiro atoms. The summed E-state index contributed by atoms with van der Waals surface area (Å²) in [5.74, 6) is -1.68. The van der Waals surface area contributed by atoms with E-state index < -0.39 is 17.6 Å². The fraction of sp³-hybridized carbons (Fsp3) is 0.308. The fourth-order valence-electron chi connectivity index (χ4n) is 4.64. The summed E-state index contributed by atoms with van der Waals surface area (Å²) >= 11 is 0. The highest BCUT2D eigenvalue weighted by Gasteiger charge is 2.46. The predicted octanol–water partition coefficient (Wildman–Crippen LogP) is 3.32. The van der Waals surface area contributed by atoms with Crippen molar-refractivity contribution in [1.82, 2.24) is 0 Å². The van der Waals surface area contributed by atoms with E-state index >= 15 is 0 Å². The minimum atomic E-state index is -1.42. The molecule has 4 rings (SSSR count). The number of carbonyl (C=O) groups is 2. The van der Waals surface area contributed by atoms with Crippen LogP contribution in [0.1, 0.15) is 46.3 Å². The van der Waals surface area contributed by atoms with Crippen LogP contribution in [-0.4, -0.2) is 38.1 Å². The van der Waals surface area contributed by atoms with E-state index in [2.05, 4.69) is 16.0 Å².